The van der Waals surface area contributed by atoms with Gasteiger partial charge >= 0.3 is 6.03 Å². The minimum Gasteiger partial charge on any atom is -0.332 e. The minimum absolute atomic E-state index is 0.0646. The average molecular weight is 596 g/mol. The number of amides is 3. The summed E-state index contributed by atoms with van der Waals surface area (Å²) < 4.78 is 0. The van der Waals surface area contributed by atoms with Gasteiger partial charge in [0.05, 0.1) is 24.5 Å². The van der Waals surface area contributed by atoms with Crippen LogP contribution in [0.3, 0.4) is 0 Å². The molecule has 2 aromatic heterocycles. The van der Waals surface area contributed by atoms with Crippen LogP contribution in [-0.4, -0.2) is 62.3 Å². The average Bonchev–Trinajstić information content (AvgIpc) is 3.52. The Morgan fingerprint density at radius 1 is 0.667 bits per heavy atom. The third-order valence-corrected chi connectivity index (χ3v) is 7.86. The van der Waals surface area contributed by atoms with Crippen molar-refractivity contribution in [1.29, 1.82) is 0 Å². The lowest BCUT2D eigenvalue weighted by Crippen LogP contribution is -2.40. The Labute approximate surface area is 265 Å². The molecule has 226 valence electrons. The molecule has 2 aliphatic rings. The van der Waals surface area contributed by atoms with Gasteiger partial charge in [-0.25, -0.2) is 4.79 Å². The third-order valence-electron chi connectivity index (χ3n) is 7.86. The van der Waals surface area contributed by atoms with Gasteiger partial charge in [-0.1, -0.05) is 60.1 Å². The Bertz CT molecular complexity index is 1730. The fourth-order valence-electron chi connectivity index (χ4n) is 5.05. The summed E-state index contributed by atoms with van der Waals surface area (Å²) in [6.45, 7) is 6.87. The normalized spacial score (nSPS) is 15.0. The molecule has 2 aliphatic heterocycles. The highest BCUT2D eigenvalue weighted by molar-refractivity contribution is 5.79. The molecule has 3 amide bonds. The monoisotopic (exact) mass is 595 g/mol. The molecule has 2 fully saturated rings. The van der Waals surface area contributed by atoms with Gasteiger partial charge in [-0.15, -0.1) is 0 Å². The third kappa shape index (κ3) is 8.59. The second-order valence-electron chi connectivity index (χ2n) is 11.7. The number of nitrogens with zero attached hydrogens (tertiary/aromatic N) is 5. The van der Waals surface area contributed by atoms with Crippen LogP contribution in [0.25, 0.3) is 0 Å². The molecule has 0 atom stereocenters. The zero-order valence-electron chi connectivity index (χ0n) is 26.0. The molecule has 7 nitrogen and oxygen atoms in total. The van der Waals surface area contributed by atoms with Crippen LogP contribution in [0.15, 0.2) is 97.3 Å². The predicted octanol–water partition coefficient (Wildman–Crippen LogP) is 5.73. The van der Waals surface area contributed by atoms with Gasteiger partial charge in [-0.3, -0.25) is 14.8 Å². The van der Waals surface area contributed by atoms with Crippen molar-refractivity contribution in [1.82, 2.24) is 24.7 Å². The van der Waals surface area contributed by atoms with E-state index in [1.165, 1.54) is 0 Å². The molecule has 7 heteroatoms. The van der Waals surface area contributed by atoms with Gasteiger partial charge in [0.1, 0.15) is 0 Å². The second-order valence-corrected chi connectivity index (χ2v) is 11.7. The summed E-state index contributed by atoms with van der Waals surface area (Å²) in [6, 6.07) is 27.6. The zero-order valence-corrected chi connectivity index (χ0v) is 26.0. The number of carbonyl (C=O) groups is 2. The molecular formula is C38H37N5O2. The first-order valence-corrected chi connectivity index (χ1v) is 15.1. The lowest BCUT2D eigenvalue weighted by molar-refractivity contribution is -0.131. The quantitative estimate of drug-likeness (QED) is 0.283. The number of urea groups is 1. The fraction of sp³-hybridized carbons (Fsp3) is 0.263. The fourth-order valence-corrected chi connectivity index (χ4v) is 5.05. The van der Waals surface area contributed by atoms with E-state index in [9.17, 15) is 9.59 Å². The van der Waals surface area contributed by atoms with Crippen LogP contribution in [0.5, 0.6) is 0 Å². The first-order chi connectivity index (χ1) is 21.8. The van der Waals surface area contributed by atoms with Crippen LogP contribution in [0.1, 0.15) is 60.3 Å². The van der Waals surface area contributed by atoms with Gasteiger partial charge in [-0.05, 0) is 68.8 Å². The van der Waals surface area contributed by atoms with Gasteiger partial charge < -0.3 is 14.7 Å². The van der Waals surface area contributed by atoms with Crippen molar-refractivity contribution in [3.05, 3.63) is 131 Å². The first-order valence-electron chi connectivity index (χ1n) is 15.1. The molecule has 0 saturated carbocycles. The molecular weight excluding hydrogens is 558 g/mol. The molecule has 0 unspecified atom stereocenters. The Hall–Kier alpha value is -5.40. The van der Waals surface area contributed by atoms with E-state index in [2.05, 4.69) is 47.5 Å². The van der Waals surface area contributed by atoms with Crippen LogP contribution in [0.4, 0.5) is 4.79 Å². The van der Waals surface area contributed by atoms with E-state index in [0.717, 1.165) is 53.2 Å². The highest BCUT2D eigenvalue weighted by Gasteiger charge is 2.37. The zero-order chi connectivity index (χ0) is 31.6. The number of carbonyl (C=O) groups excluding carboxylic acids is 2. The topological polar surface area (TPSA) is 69.6 Å². The van der Waals surface area contributed by atoms with Crippen molar-refractivity contribution in [2.45, 2.75) is 45.3 Å². The maximum atomic E-state index is 12.0. The van der Waals surface area contributed by atoms with Crippen molar-refractivity contribution in [3.63, 3.8) is 0 Å². The second kappa shape index (κ2) is 14.4. The van der Waals surface area contributed by atoms with Crippen molar-refractivity contribution in [2.75, 3.05) is 20.1 Å². The van der Waals surface area contributed by atoms with Gasteiger partial charge in [-0.2, -0.15) is 0 Å². The van der Waals surface area contributed by atoms with Gasteiger partial charge in [0.25, 0.3) is 0 Å². The lowest BCUT2D eigenvalue weighted by atomic mass is 10.0. The van der Waals surface area contributed by atoms with Gasteiger partial charge in [0.2, 0.25) is 5.91 Å². The molecule has 2 saturated heterocycles. The molecule has 0 spiro atoms. The number of pyridine rings is 2. The van der Waals surface area contributed by atoms with Crippen molar-refractivity contribution in [3.8, 4) is 23.7 Å². The summed E-state index contributed by atoms with van der Waals surface area (Å²) in [5.41, 5.74) is 5.43. The molecule has 2 aromatic carbocycles. The van der Waals surface area contributed by atoms with Crippen LogP contribution >= 0.6 is 0 Å². The molecule has 0 bridgehead atoms. The molecule has 0 aliphatic carbocycles. The number of hydrogen-bond acceptors (Lipinski definition) is 4. The Morgan fingerprint density at radius 3 is 1.60 bits per heavy atom. The SMILES string of the molecule is CC1(C)CCC(=O)N1Cc1ccc(C#Cc2ccccc2)cn1.CN1CCN(Cc2ccc(C#Cc3ccccc3)cn2)C1=O. The number of aromatic nitrogens is 2. The van der Waals surface area contributed by atoms with E-state index < -0.39 is 0 Å². The van der Waals surface area contributed by atoms with Gasteiger partial charge in [0.15, 0.2) is 0 Å². The van der Waals surface area contributed by atoms with Crippen molar-refractivity contribution < 1.29 is 9.59 Å². The van der Waals surface area contributed by atoms with Crippen LogP contribution in [0, 0.1) is 23.7 Å². The summed E-state index contributed by atoms with van der Waals surface area (Å²) in [5.74, 6) is 12.6. The van der Waals surface area contributed by atoms with Crippen LogP contribution in [0.2, 0.25) is 0 Å². The van der Waals surface area contributed by atoms with Gasteiger partial charge in [0, 0.05) is 66.7 Å². The maximum absolute atomic E-state index is 12.0. The molecule has 45 heavy (non-hydrogen) atoms. The Kier molecular flexibility index (Phi) is 9.92. The highest BCUT2D eigenvalue weighted by Crippen LogP contribution is 2.30. The summed E-state index contributed by atoms with van der Waals surface area (Å²) in [6.07, 6.45) is 5.08. The highest BCUT2D eigenvalue weighted by atomic mass is 16.2. The van der Waals surface area contributed by atoms with Crippen LogP contribution < -0.4 is 0 Å². The predicted molar refractivity (Wildman–Crippen MR) is 176 cm³/mol. The summed E-state index contributed by atoms with van der Waals surface area (Å²) in [7, 11) is 1.82. The summed E-state index contributed by atoms with van der Waals surface area (Å²) in [5, 5.41) is 0. The van der Waals surface area contributed by atoms with Crippen molar-refractivity contribution in [2.24, 2.45) is 0 Å². The number of rotatable bonds is 4. The summed E-state index contributed by atoms with van der Waals surface area (Å²) >= 11 is 0. The largest absolute Gasteiger partial charge is 0.332 e. The molecule has 6 rings (SSSR count). The standard InChI is InChI=1S/C20H20N2O.C18H17N3O/c1-20(2)13-12-19(23)22(20)15-18-11-10-17(14-21-18)9-8-16-6-4-3-5-7-16;1-20-11-12-21(18(20)22)14-17-10-9-16(13-19-17)8-7-15-5-3-2-4-6-15/h3-7,10-11,14H,12-13,15H2,1-2H3;2-6,9-10,13H,11-12,14H2,1H3. The van der Waals surface area contributed by atoms with E-state index in [0.29, 0.717) is 19.5 Å². The number of hydrogen-bond donors (Lipinski definition) is 0. The molecule has 4 heterocycles. The van der Waals surface area contributed by atoms with E-state index in [4.69, 9.17) is 0 Å². The number of benzene rings is 2. The molecule has 0 radical (unpaired) electrons. The van der Waals surface area contributed by atoms with Crippen molar-refractivity contribution >= 4 is 11.9 Å². The first kappa shape index (κ1) is 31.0. The van der Waals surface area contributed by atoms with E-state index in [-0.39, 0.29) is 17.5 Å². The number of likely N-dealkylation sites (tertiary alicyclic amines) is 1. The van der Waals surface area contributed by atoms with E-state index in [1.54, 1.807) is 22.2 Å². The lowest BCUT2D eigenvalue weighted by Gasteiger charge is -2.31. The Morgan fingerprint density at radius 2 is 1.18 bits per heavy atom. The minimum atomic E-state index is -0.0788. The molecule has 4 aromatic rings. The van der Waals surface area contributed by atoms with E-state index in [1.807, 2.05) is 96.9 Å². The number of likely N-dealkylation sites (N-methyl/N-ethyl adjacent to an activating group) is 1. The van der Waals surface area contributed by atoms with Crippen LogP contribution in [-0.2, 0) is 17.9 Å². The molecule has 0 N–H and O–H groups in total. The smallest absolute Gasteiger partial charge is 0.320 e. The van der Waals surface area contributed by atoms with E-state index >= 15 is 0 Å². The Balaban J connectivity index is 0.000000178. The summed E-state index contributed by atoms with van der Waals surface area (Å²) in [4.78, 5) is 38.1. The maximum Gasteiger partial charge on any atom is 0.320 e.